The van der Waals surface area contributed by atoms with Crippen LogP contribution >= 0.6 is 0 Å². The Morgan fingerprint density at radius 3 is 2.35 bits per heavy atom. The number of hydrogen-bond donors (Lipinski definition) is 2. The van der Waals surface area contributed by atoms with E-state index in [1.165, 1.54) is 0 Å². The molecule has 0 aliphatic carbocycles. The minimum atomic E-state index is 0.714. The Hall–Kier alpha value is -1.40. The highest BCUT2D eigenvalue weighted by Crippen LogP contribution is 2.19. The second kappa shape index (κ2) is 4.85. The Balaban J connectivity index is 2.24. The molecule has 1 aliphatic heterocycles. The van der Waals surface area contributed by atoms with E-state index in [4.69, 9.17) is 5.84 Å². The van der Waals surface area contributed by atoms with Crippen molar-refractivity contribution in [2.75, 3.05) is 43.6 Å². The van der Waals surface area contributed by atoms with E-state index in [-0.39, 0.29) is 0 Å². The number of aryl methyl sites for hydroxylation is 1. The summed E-state index contributed by atoms with van der Waals surface area (Å²) in [6.45, 7) is 7.96. The van der Waals surface area contributed by atoms with Crippen molar-refractivity contribution in [3.05, 3.63) is 11.3 Å². The topological polar surface area (TPSA) is 70.3 Å². The number of likely N-dealkylation sites (N-methyl/N-ethyl adjacent to an activating group) is 1. The average Bonchev–Trinajstić information content (AvgIpc) is 2.33. The molecule has 17 heavy (non-hydrogen) atoms. The van der Waals surface area contributed by atoms with Gasteiger partial charge in [-0.1, -0.05) is 0 Å². The van der Waals surface area contributed by atoms with E-state index in [9.17, 15) is 0 Å². The Kier molecular flexibility index (Phi) is 3.44. The Labute approximate surface area is 102 Å². The molecule has 1 aromatic heterocycles. The Morgan fingerprint density at radius 2 is 1.76 bits per heavy atom. The summed E-state index contributed by atoms with van der Waals surface area (Å²) in [5.74, 6) is 6.96. The minimum absolute atomic E-state index is 0.714. The lowest BCUT2D eigenvalue weighted by Crippen LogP contribution is -2.45. The fourth-order valence-electron chi connectivity index (χ4n) is 1.90. The second-order valence-corrected chi connectivity index (χ2v) is 4.52. The van der Waals surface area contributed by atoms with Crippen molar-refractivity contribution in [2.24, 2.45) is 5.84 Å². The lowest BCUT2D eigenvalue weighted by atomic mass is 10.2. The molecular weight excluding hydrogens is 216 g/mol. The number of nitrogens with two attached hydrogens (primary N) is 1. The Bertz CT molecular complexity index is 397. The maximum atomic E-state index is 5.47. The zero-order valence-corrected chi connectivity index (χ0v) is 10.7. The molecule has 0 atom stereocenters. The predicted molar refractivity (Wildman–Crippen MR) is 69.0 cm³/mol. The molecule has 94 valence electrons. The van der Waals surface area contributed by atoms with Crippen molar-refractivity contribution >= 4 is 11.8 Å². The summed E-state index contributed by atoms with van der Waals surface area (Å²) in [7, 11) is 2.13. The molecule has 2 heterocycles. The van der Waals surface area contributed by atoms with Gasteiger partial charge in [0.15, 0.2) is 0 Å². The molecule has 1 aromatic rings. The fourth-order valence-corrected chi connectivity index (χ4v) is 1.90. The number of rotatable bonds is 2. The molecule has 1 saturated heterocycles. The van der Waals surface area contributed by atoms with Crippen molar-refractivity contribution in [3.8, 4) is 0 Å². The third-order valence-corrected chi connectivity index (χ3v) is 3.30. The van der Waals surface area contributed by atoms with Crippen LogP contribution in [0.5, 0.6) is 0 Å². The van der Waals surface area contributed by atoms with Crippen LogP contribution in [-0.4, -0.2) is 48.1 Å². The molecule has 0 bridgehead atoms. The molecule has 1 aliphatic rings. The van der Waals surface area contributed by atoms with E-state index < -0.39 is 0 Å². The third-order valence-electron chi connectivity index (χ3n) is 3.30. The van der Waals surface area contributed by atoms with Gasteiger partial charge in [0.25, 0.3) is 0 Å². The average molecular weight is 236 g/mol. The number of hydrogen-bond acceptors (Lipinski definition) is 6. The number of nitrogens with zero attached hydrogens (tertiary/aromatic N) is 4. The second-order valence-electron chi connectivity index (χ2n) is 4.52. The molecule has 3 N–H and O–H groups in total. The maximum Gasteiger partial charge on any atom is 0.227 e. The summed E-state index contributed by atoms with van der Waals surface area (Å²) in [5.41, 5.74) is 4.62. The normalized spacial score (nSPS) is 17.3. The molecule has 6 nitrogen and oxygen atoms in total. The van der Waals surface area contributed by atoms with Crippen LogP contribution in [0.1, 0.15) is 11.3 Å². The monoisotopic (exact) mass is 236 g/mol. The van der Waals surface area contributed by atoms with E-state index in [0.29, 0.717) is 5.82 Å². The van der Waals surface area contributed by atoms with Gasteiger partial charge in [0, 0.05) is 37.4 Å². The van der Waals surface area contributed by atoms with Crippen LogP contribution < -0.4 is 16.2 Å². The van der Waals surface area contributed by atoms with Crippen LogP contribution in [-0.2, 0) is 0 Å². The van der Waals surface area contributed by atoms with Gasteiger partial charge >= 0.3 is 0 Å². The van der Waals surface area contributed by atoms with Crippen molar-refractivity contribution in [1.82, 2.24) is 14.9 Å². The van der Waals surface area contributed by atoms with E-state index >= 15 is 0 Å². The highest BCUT2D eigenvalue weighted by molar-refractivity contribution is 5.49. The fraction of sp³-hybridized carbons (Fsp3) is 0.636. The van der Waals surface area contributed by atoms with Crippen molar-refractivity contribution < 1.29 is 0 Å². The standard InChI is InChI=1S/C11H20N6/c1-8-9(2)13-11(14-10(8)15-12)17-6-4-16(3)5-7-17/h4-7,12H2,1-3H3,(H,13,14,15). The van der Waals surface area contributed by atoms with Gasteiger partial charge in [0.2, 0.25) is 5.95 Å². The summed E-state index contributed by atoms with van der Waals surface area (Å²) >= 11 is 0. The smallest absolute Gasteiger partial charge is 0.227 e. The highest BCUT2D eigenvalue weighted by Gasteiger charge is 2.18. The molecular formula is C11H20N6. The first-order valence-corrected chi connectivity index (χ1v) is 5.87. The van der Waals surface area contributed by atoms with Crippen LogP contribution in [0.4, 0.5) is 11.8 Å². The van der Waals surface area contributed by atoms with Crippen LogP contribution in [0.25, 0.3) is 0 Å². The molecule has 0 amide bonds. The summed E-state index contributed by atoms with van der Waals surface area (Å²) in [4.78, 5) is 13.5. The molecule has 2 rings (SSSR count). The lowest BCUT2D eigenvalue weighted by molar-refractivity contribution is 0.311. The number of aromatic nitrogens is 2. The summed E-state index contributed by atoms with van der Waals surface area (Å²) < 4.78 is 0. The minimum Gasteiger partial charge on any atom is -0.338 e. The van der Waals surface area contributed by atoms with Gasteiger partial charge in [-0.05, 0) is 20.9 Å². The van der Waals surface area contributed by atoms with Gasteiger partial charge in [-0.2, -0.15) is 4.98 Å². The van der Waals surface area contributed by atoms with Crippen molar-refractivity contribution in [3.63, 3.8) is 0 Å². The maximum absolute atomic E-state index is 5.47. The van der Waals surface area contributed by atoms with Gasteiger partial charge in [0.1, 0.15) is 5.82 Å². The first kappa shape index (κ1) is 12.1. The lowest BCUT2D eigenvalue weighted by Gasteiger charge is -2.32. The van der Waals surface area contributed by atoms with Crippen LogP contribution in [0.2, 0.25) is 0 Å². The summed E-state index contributed by atoms with van der Waals surface area (Å²) in [6.07, 6.45) is 0. The van der Waals surface area contributed by atoms with Crippen molar-refractivity contribution in [1.29, 1.82) is 0 Å². The number of nitrogen functional groups attached to an aromatic ring is 1. The SMILES string of the molecule is Cc1nc(N2CCN(C)CC2)nc(NN)c1C. The van der Waals surface area contributed by atoms with Crippen LogP contribution in [0.15, 0.2) is 0 Å². The largest absolute Gasteiger partial charge is 0.338 e. The molecule has 0 aromatic carbocycles. The summed E-state index contributed by atoms with van der Waals surface area (Å²) in [6, 6.07) is 0. The van der Waals surface area contributed by atoms with Gasteiger partial charge in [0.05, 0.1) is 0 Å². The van der Waals surface area contributed by atoms with Crippen molar-refractivity contribution in [2.45, 2.75) is 13.8 Å². The zero-order chi connectivity index (χ0) is 12.4. The van der Waals surface area contributed by atoms with Gasteiger partial charge in [-0.15, -0.1) is 0 Å². The van der Waals surface area contributed by atoms with Crippen LogP contribution in [0, 0.1) is 13.8 Å². The molecule has 0 saturated carbocycles. The molecule has 0 spiro atoms. The van der Waals surface area contributed by atoms with E-state index in [0.717, 1.165) is 43.4 Å². The molecule has 6 heteroatoms. The number of nitrogens with one attached hydrogen (secondary N) is 1. The van der Waals surface area contributed by atoms with E-state index in [1.807, 2.05) is 13.8 Å². The third kappa shape index (κ3) is 2.48. The van der Waals surface area contributed by atoms with Crippen LogP contribution in [0.3, 0.4) is 0 Å². The highest BCUT2D eigenvalue weighted by atomic mass is 15.3. The molecule has 1 fully saturated rings. The van der Waals surface area contributed by atoms with Gasteiger partial charge < -0.3 is 15.2 Å². The number of piperazine rings is 1. The summed E-state index contributed by atoms with van der Waals surface area (Å²) in [5, 5.41) is 0. The van der Waals surface area contributed by atoms with Gasteiger partial charge in [-0.25, -0.2) is 10.8 Å². The number of hydrazine groups is 1. The molecule has 0 unspecified atom stereocenters. The quantitative estimate of drug-likeness (QED) is 0.562. The first-order valence-electron chi connectivity index (χ1n) is 5.87. The number of anilines is 2. The van der Waals surface area contributed by atoms with E-state index in [2.05, 4.69) is 32.2 Å². The Morgan fingerprint density at radius 1 is 1.12 bits per heavy atom. The van der Waals surface area contributed by atoms with Gasteiger partial charge in [-0.3, -0.25) is 0 Å². The van der Waals surface area contributed by atoms with E-state index in [1.54, 1.807) is 0 Å². The zero-order valence-electron chi connectivity index (χ0n) is 10.7. The first-order chi connectivity index (χ1) is 8.11. The molecule has 0 radical (unpaired) electrons. The predicted octanol–water partition coefficient (Wildman–Crippen LogP) is 0.131.